The van der Waals surface area contributed by atoms with Gasteiger partial charge in [0.1, 0.15) is 0 Å². The van der Waals surface area contributed by atoms with Crippen LogP contribution in [0.2, 0.25) is 0 Å². The van der Waals surface area contributed by atoms with E-state index in [0.29, 0.717) is 29.3 Å². The van der Waals surface area contributed by atoms with Gasteiger partial charge in [0, 0.05) is 30.9 Å². The number of anilines is 2. The van der Waals surface area contributed by atoms with Crippen molar-refractivity contribution in [1.82, 2.24) is 4.90 Å². The number of amides is 3. The van der Waals surface area contributed by atoms with Gasteiger partial charge < -0.3 is 15.5 Å². The molecule has 3 amide bonds. The zero-order valence-electron chi connectivity index (χ0n) is 17.1. The van der Waals surface area contributed by atoms with E-state index in [2.05, 4.69) is 10.6 Å². The smallest absolute Gasteiger partial charge is 0.265 e. The summed E-state index contributed by atoms with van der Waals surface area (Å²) in [5.41, 5.74) is 3.40. The number of hydrogen-bond acceptors (Lipinski definition) is 4. The maximum atomic E-state index is 12.7. The topological polar surface area (TPSA) is 78.5 Å². The molecule has 0 radical (unpaired) electrons. The first-order valence-electron chi connectivity index (χ1n) is 10.1. The molecule has 6 nitrogen and oxygen atoms in total. The highest BCUT2D eigenvalue weighted by atomic mass is 32.1. The first kappa shape index (κ1) is 20.8. The van der Waals surface area contributed by atoms with Crippen LogP contribution in [0, 0.1) is 12.8 Å². The van der Waals surface area contributed by atoms with Crippen molar-refractivity contribution in [2.45, 2.75) is 19.9 Å². The minimum absolute atomic E-state index is 0.0160. The number of rotatable bonds is 6. The standard InChI is InChI=1S/C24H23N3O3S/c1-16-7-9-17(10-8-16)14-27-15-18(12-22(27)28)23(29)25-19-4-2-5-20(13-19)26-24(30)21-6-3-11-31-21/h2-11,13,18H,12,14-15H2,1H3,(H,25,29)(H,26,30). The van der Waals surface area contributed by atoms with Crippen molar-refractivity contribution < 1.29 is 14.4 Å². The van der Waals surface area contributed by atoms with Gasteiger partial charge in [-0.15, -0.1) is 11.3 Å². The van der Waals surface area contributed by atoms with Crippen molar-refractivity contribution >= 4 is 40.4 Å². The Morgan fingerprint density at radius 2 is 1.77 bits per heavy atom. The van der Waals surface area contributed by atoms with Crippen LogP contribution in [0.3, 0.4) is 0 Å². The summed E-state index contributed by atoms with van der Waals surface area (Å²) in [6.45, 7) is 2.92. The summed E-state index contributed by atoms with van der Waals surface area (Å²) < 4.78 is 0. The number of likely N-dealkylation sites (tertiary alicyclic amines) is 1. The molecule has 1 aliphatic heterocycles. The van der Waals surface area contributed by atoms with E-state index in [1.54, 1.807) is 35.2 Å². The Morgan fingerprint density at radius 1 is 1.03 bits per heavy atom. The molecule has 0 spiro atoms. The molecule has 0 bridgehead atoms. The van der Waals surface area contributed by atoms with Gasteiger partial charge in [-0.2, -0.15) is 0 Å². The molecule has 3 aromatic rings. The molecule has 1 aliphatic rings. The Morgan fingerprint density at radius 3 is 2.48 bits per heavy atom. The van der Waals surface area contributed by atoms with Gasteiger partial charge in [0.15, 0.2) is 0 Å². The van der Waals surface area contributed by atoms with Gasteiger partial charge >= 0.3 is 0 Å². The molecule has 4 rings (SSSR count). The van der Waals surface area contributed by atoms with Crippen LogP contribution < -0.4 is 10.6 Å². The molecule has 0 aliphatic carbocycles. The summed E-state index contributed by atoms with van der Waals surface area (Å²) in [5, 5.41) is 7.55. The number of carbonyl (C=O) groups excluding carboxylic acids is 3. The molecule has 1 saturated heterocycles. The zero-order valence-corrected chi connectivity index (χ0v) is 17.9. The third kappa shape index (κ3) is 5.19. The zero-order chi connectivity index (χ0) is 21.8. The molecule has 7 heteroatoms. The van der Waals surface area contributed by atoms with Crippen molar-refractivity contribution in [1.29, 1.82) is 0 Å². The lowest BCUT2D eigenvalue weighted by atomic mass is 10.1. The van der Waals surface area contributed by atoms with E-state index in [9.17, 15) is 14.4 Å². The fraction of sp³-hybridized carbons (Fsp3) is 0.208. The Bertz CT molecular complexity index is 1090. The predicted octanol–water partition coefficient (Wildman–Crippen LogP) is 4.30. The lowest BCUT2D eigenvalue weighted by Crippen LogP contribution is -2.28. The highest BCUT2D eigenvalue weighted by Gasteiger charge is 2.34. The second-order valence-corrected chi connectivity index (χ2v) is 8.61. The van der Waals surface area contributed by atoms with Gasteiger partial charge in [-0.3, -0.25) is 14.4 Å². The van der Waals surface area contributed by atoms with Gasteiger partial charge in [0.25, 0.3) is 5.91 Å². The molecule has 1 atom stereocenters. The quantitative estimate of drug-likeness (QED) is 0.609. The van der Waals surface area contributed by atoms with E-state index in [1.807, 2.05) is 42.6 Å². The summed E-state index contributed by atoms with van der Waals surface area (Å²) >= 11 is 1.37. The van der Waals surface area contributed by atoms with E-state index in [0.717, 1.165) is 5.56 Å². The van der Waals surface area contributed by atoms with E-state index >= 15 is 0 Å². The van der Waals surface area contributed by atoms with Gasteiger partial charge in [-0.25, -0.2) is 0 Å². The largest absolute Gasteiger partial charge is 0.338 e. The molecular weight excluding hydrogens is 410 g/mol. The normalized spacial score (nSPS) is 15.7. The SMILES string of the molecule is Cc1ccc(CN2CC(C(=O)Nc3cccc(NC(=O)c4cccs4)c3)CC2=O)cc1. The van der Waals surface area contributed by atoms with Crippen molar-refractivity contribution in [2.24, 2.45) is 5.92 Å². The number of aryl methyl sites for hydroxylation is 1. The molecule has 31 heavy (non-hydrogen) atoms. The summed E-state index contributed by atoms with van der Waals surface area (Å²) in [7, 11) is 0. The van der Waals surface area contributed by atoms with Crippen LogP contribution >= 0.6 is 11.3 Å². The van der Waals surface area contributed by atoms with Crippen molar-refractivity contribution in [3.8, 4) is 0 Å². The van der Waals surface area contributed by atoms with Crippen LogP contribution in [-0.4, -0.2) is 29.2 Å². The number of hydrogen-bond donors (Lipinski definition) is 2. The maximum Gasteiger partial charge on any atom is 0.265 e. The Hall–Kier alpha value is -3.45. The maximum absolute atomic E-state index is 12.7. The van der Waals surface area contributed by atoms with E-state index in [1.165, 1.54) is 16.9 Å². The van der Waals surface area contributed by atoms with Crippen molar-refractivity contribution in [3.05, 3.63) is 82.0 Å². The fourth-order valence-electron chi connectivity index (χ4n) is 3.53. The third-order valence-corrected chi connectivity index (χ3v) is 6.08. The van der Waals surface area contributed by atoms with Gasteiger partial charge in [0.2, 0.25) is 11.8 Å². The van der Waals surface area contributed by atoms with E-state index in [-0.39, 0.29) is 24.1 Å². The van der Waals surface area contributed by atoms with E-state index in [4.69, 9.17) is 0 Å². The number of nitrogens with one attached hydrogen (secondary N) is 2. The van der Waals surface area contributed by atoms with Gasteiger partial charge in [-0.1, -0.05) is 42.0 Å². The number of benzene rings is 2. The Balaban J connectivity index is 1.35. The molecule has 1 fully saturated rings. The highest BCUT2D eigenvalue weighted by Crippen LogP contribution is 2.23. The average molecular weight is 434 g/mol. The second kappa shape index (κ2) is 9.14. The number of thiophene rings is 1. The molecule has 2 N–H and O–H groups in total. The molecular formula is C24H23N3O3S. The molecule has 1 unspecified atom stereocenters. The van der Waals surface area contributed by atoms with Crippen molar-refractivity contribution in [3.63, 3.8) is 0 Å². The Labute approximate surface area is 184 Å². The van der Waals surface area contributed by atoms with Crippen LogP contribution in [0.5, 0.6) is 0 Å². The van der Waals surface area contributed by atoms with Crippen molar-refractivity contribution in [2.75, 3.05) is 17.2 Å². The van der Waals surface area contributed by atoms with Gasteiger partial charge in [0.05, 0.1) is 10.8 Å². The van der Waals surface area contributed by atoms with Crippen LogP contribution in [0.15, 0.2) is 66.0 Å². The molecule has 1 aromatic heterocycles. The molecule has 2 aromatic carbocycles. The minimum atomic E-state index is -0.401. The van der Waals surface area contributed by atoms with Crippen LogP contribution in [-0.2, 0) is 16.1 Å². The molecule has 0 saturated carbocycles. The number of nitrogens with zero attached hydrogens (tertiary/aromatic N) is 1. The Kier molecular flexibility index (Phi) is 6.13. The van der Waals surface area contributed by atoms with E-state index < -0.39 is 5.92 Å². The van der Waals surface area contributed by atoms with Crippen LogP contribution in [0.4, 0.5) is 11.4 Å². The van der Waals surface area contributed by atoms with Crippen LogP contribution in [0.1, 0.15) is 27.2 Å². The van der Waals surface area contributed by atoms with Gasteiger partial charge in [-0.05, 0) is 42.1 Å². The summed E-state index contributed by atoms with van der Waals surface area (Å²) in [4.78, 5) is 39.7. The van der Waals surface area contributed by atoms with Crippen LogP contribution in [0.25, 0.3) is 0 Å². The monoisotopic (exact) mass is 433 g/mol. The lowest BCUT2D eigenvalue weighted by molar-refractivity contribution is -0.128. The fourth-order valence-corrected chi connectivity index (χ4v) is 4.15. The summed E-state index contributed by atoms with van der Waals surface area (Å²) in [5.74, 6) is -0.798. The molecule has 158 valence electrons. The minimum Gasteiger partial charge on any atom is -0.338 e. The highest BCUT2D eigenvalue weighted by molar-refractivity contribution is 7.12. The third-order valence-electron chi connectivity index (χ3n) is 5.21. The first-order valence-corrected chi connectivity index (χ1v) is 10.9. The number of carbonyl (C=O) groups is 3. The lowest BCUT2D eigenvalue weighted by Gasteiger charge is -2.17. The molecule has 2 heterocycles. The second-order valence-electron chi connectivity index (χ2n) is 7.66. The average Bonchev–Trinajstić information content (AvgIpc) is 3.41. The summed E-state index contributed by atoms with van der Waals surface area (Å²) in [6, 6.07) is 18.6. The summed E-state index contributed by atoms with van der Waals surface area (Å²) in [6.07, 6.45) is 0.201. The predicted molar refractivity (Wildman–Crippen MR) is 122 cm³/mol. The first-order chi connectivity index (χ1) is 15.0.